The standard InChI is InChI=1S/C18H11F3N2O3S/c1-25-15-13(24)12-11(7-6-10-16(12)27-17(22)23-10)26-14(15)8-2-4-9(5-3-8)18(19,20)21/h2-7H,1H3,(H2,22,23). The minimum Gasteiger partial charge on any atom is -0.490 e. The zero-order valence-corrected chi connectivity index (χ0v) is 14.6. The van der Waals surface area contributed by atoms with Gasteiger partial charge in [-0.25, -0.2) is 4.98 Å². The lowest BCUT2D eigenvalue weighted by molar-refractivity contribution is -0.137. The van der Waals surface area contributed by atoms with Crippen LogP contribution in [-0.4, -0.2) is 12.1 Å². The summed E-state index contributed by atoms with van der Waals surface area (Å²) in [5.41, 5.74) is 5.61. The van der Waals surface area contributed by atoms with Gasteiger partial charge in [-0.1, -0.05) is 23.5 Å². The average Bonchev–Trinajstić information content (AvgIpc) is 3.01. The molecule has 0 aliphatic heterocycles. The Labute approximate surface area is 153 Å². The summed E-state index contributed by atoms with van der Waals surface area (Å²) in [7, 11) is 1.30. The highest BCUT2D eigenvalue weighted by atomic mass is 32.1. The van der Waals surface area contributed by atoms with Gasteiger partial charge in [-0.3, -0.25) is 4.79 Å². The van der Waals surface area contributed by atoms with Crippen LogP contribution in [0, 0.1) is 0 Å². The number of thiazole rings is 1. The summed E-state index contributed by atoms with van der Waals surface area (Å²) in [5, 5.41) is 0.580. The molecule has 0 aliphatic rings. The van der Waals surface area contributed by atoms with Crippen molar-refractivity contribution in [1.82, 2.24) is 4.98 Å². The van der Waals surface area contributed by atoms with Gasteiger partial charge in [0.1, 0.15) is 5.58 Å². The van der Waals surface area contributed by atoms with Gasteiger partial charge in [-0.15, -0.1) is 0 Å². The fourth-order valence-corrected chi connectivity index (χ4v) is 3.72. The maximum atomic E-state index is 13.0. The summed E-state index contributed by atoms with van der Waals surface area (Å²) >= 11 is 1.15. The zero-order chi connectivity index (χ0) is 19.3. The molecule has 5 nitrogen and oxygen atoms in total. The van der Waals surface area contributed by atoms with Crippen molar-refractivity contribution in [3.63, 3.8) is 0 Å². The molecule has 0 fully saturated rings. The number of benzene rings is 2. The number of ether oxygens (including phenoxy) is 1. The van der Waals surface area contributed by atoms with Gasteiger partial charge in [0, 0.05) is 5.56 Å². The molecule has 0 unspecified atom stereocenters. The zero-order valence-electron chi connectivity index (χ0n) is 13.8. The average molecular weight is 392 g/mol. The van der Waals surface area contributed by atoms with Crippen LogP contribution in [0.15, 0.2) is 45.6 Å². The summed E-state index contributed by atoms with van der Waals surface area (Å²) in [4.78, 5) is 17.1. The van der Waals surface area contributed by atoms with Crippen molar-refractivity contribution >= 4 is 37.7 Å². The topological polar surface area (TPSA) is 78.3 Å². The number of hydrogen-bond donors (Lipinski definition) is 1. The van der Waals surface area contributed by atoms with Crippen LogP contribution in [0.25, 0.3) is 32.5 Å². The molecule has 0 bridgehead atoms. The summed E-state index contributed by atoms with van der Waals surface area (Å²) < 4.78 is 49.9. The molecule has 0 saturated heterocycles. The van der Waals surface area contributed by atoms with Gasteiger partial charge in [0.25, 0.3) is 0 Å². The Hall–Kier alpha value is -3.07. The molecular formula is C18H11F3N2O3S. The number of anilines is 1. The van der Waals surface area contributed by atoms with E-state index in [1.165, 1.54) is 19.2 Å². The summed E-state index contributed by atoms with van der Waals surface area (Å²) in [6.45, 7) is 0. The highest BCUT2D eigenvalue weighted by Gasteiger charge is 2.30. The molecule has 0 radical (unpaired) electrons. The minimum absolute atomic E-state index is 0.0561. The number of halogens is 3. The smallest absolute Gasteiger partial charge is 0.416 e. The van der Waals surface area contributed by atoms with Crippen molar-refractivity contribution in [2.45, 2.75) is 6.18 Å². The number of rotatable bonds is 2. The van der Waals surface area contributed by atoms with E-state index in [2.05, 4.69) is 4.98 Å². The van der Waals surface area contributed by atoms with Gasteiger partial charge in [0.2, 0.25) is 11.2 Å². The first-order valence-electron chi connectivity index (χ1n) is 7.67. The number of nitrogens with two attached hydrogens (primary N) is 1. The molecule has 2 aromatic carbocycles. The predicted octanol–water partition coefficient (Wildman–Crippen LogP) is 4.68. The normalized spacial score (nSPS) is 12.0. The van der Waals surface area contributed by atoms with Gasteiger partial charge in [-0.05, 0) is 24.3 Å². The fourth-order valence-electron chi connectivity index (χ4n) is 2.85. The van der Waals surface area contributed by atoms with Crippen LogP contribution in [-0.2, 0) is 6.18 Å². The maximum Gasteiger partial charge on any atom is 0.416 e. The van der Waals surface area contributed by atoms with Crippen molar-refractivity contribution in [3.05, 3.63) is 52.2 Å². The second-order valence-electron chi connectivity index (χ2n) is 5.71. The number of nitrogens with zero attached hydrogens (tertiary/aromatic N) is 1. The summed E-state index contributed by atoms with van der Waals surface area (Å²) in [6, 6.07) is 7.55. The molecule has 0 spiro atoms. The Morgan fingerprint density at radius 3 is 2.48 bits per heavy atom. The van der Waals surface area contributed by atoms with Crippen LogP contribution in [0.2, 0.25) is 0 Å². The first-order valence-corrected chi connectivity index (χ1v) is 8.48. The molecule has 9 heteroatoms. The van der Waals surface area contributed by atoms with Crippen LogP contribution >= 0.6 is 11.3 Å². The minimum atomic E-state index is -4.45. The monoisotopic (exact) mass is 392 g/mol. The second-order valence-corrected chi connectivity index (χ2v) is 6.74. The molecule has 2 heterocycles. The van der Waals surface area contributed by atoms with E-state index in [0.29, 0.717) is 20.9 Å². The van der Waals surface area contributed by atoms with E-state index >= 15 is 0 Å². The van der Waals surface area contributed by atoms with Crippen LogP contribution in [0.3, 0.4) is 0 Å². The lowest BCUT2D eigenvalue weighted by Gasteiger charge is -2.11. The molecule has 2 aromatic heterocycles. The third-order valence-corrected chi connectivity index (χ3v) is 4.98. The van der Waals surface area contributed by atoms with Crippen molar-refractivity contribution < 1.29 is 22.3 Å². The second kappa shape index (κ2) is 5.98. The first kappa shape index (κ1) is 17.3. The Balaban J connectivity index is 1.99. The molecule has 27 heavy (non-hydrogen) atoms. The number of fused-ring (bicyclic) bond motifs is 3. The molecule has 0 amide bonds. The molecule has 2 N–H and O–H groups in total. The number of nitrogen functional groups attached to an aromatic ring is 1. The molecule has 138 valence electrons. The van der Waals surface area contributed by atoms with Gasteiger partial charge >= 0.3 is 6.18 Å². The van der Waals surface area contributed by atoms with E-state index in [1.807, 2.05) is 0 Å². The number of aromatic nitrogens is 1. The van der Waals surface area contributed by atoms with E-state index in [9.17, 15) is 18.0 Å². The van der Waals surface area contributed by atoms with E-state index in [4.69, 9.17) is 14.9 Å². The van der Waals surface area contributed by atoms with Crippen molar-refractivity contribution in [3.8, 4) is 17.1 Å². The van der Waals surface area contributed by atoms with Gasteiger partial charge in [0.05, 0.1) is 28.3 Å². The molecule has 4 rings (SSSR count). The molecule has 0 saturated carbocycles. The number of methoxy groups -OCH3 is 1. The third kappa shape index (κ3) is 2.80. The molecule has 0 aliphatic carbocycles. The first-order chi connectivity index (χ1) is 12.8. The fraction of sp³-hybridized carbons (Fsp3) is 0.111. The quantitative estimate of drug-likeness (QED) is 0.536. The Bertz CT molecular complexity index is 1230. The highest BCUT2D eigenvalue weighted by molar-refractivity contribution is 7.23. The van der Waals surface area contributed by atoms with Gasteiger partial charge in [-0.2, -0.15) is 13.2 Å². The largest absolute Gasteiger partial charge is 0.490 e. The third-order valence-electron chi connectivity index (χ3n) is 4.07. The predicted molar refractivity (Wildman–Crippen MR) is 97.1 cm³/mol. The van der Waals surface area contributed by atoms with E-state index < -0.39 is 17.2 Å². The Morgan fingerprint density at radius 1 is 1.15 bits per heavy atom. The van der Waals surface area contributed by atoms with E-state index in [1.54, 1.807) is 12.1 Å². The van der Waals surface area contributed by atoms with Crippen molar-refractivity contribution in [2.75, 3.05) is 12.8 Å². The number of hydrogen-bond acceptors (Lipinski definition) is 6. The molecule has 0 atom stereocenters. The van der Waals surface area contributed by atoms with Crippen LogP contribution in [0.5, 0.6) is 5.75 Å². The highest BCUT2D eigenvalue weighted by Crippen LogP contribution is 2.37. The van der Waals surface area contributed by atoms with Crippen LogP contribution < -0.4 is 15.9 Å². The molecule has 4 aromatic rings. The van der Waals surface area contributed by atoms with Gasteiger partial charge < -0.3 is 14.9 Å². The van der Waals surface area contributed by atoms with Crippen LogP contribution in [0.1, 0.15) is 5.56 Å². The Morgan fingerprint density at radius 2 is 1.85 bits per heavy atom. The number of alkyl halides is 3. The van der Waals surface area contributed by atoms with Crippen molar-refractivity contribution in [2.24, 2.45) is 0 Å². The van der Waals surface area contributed by atoms with Crippen LogP contribution in [0.4, 0.5) is 18.3 Å². The maximum absolute atomic E-state index is 13.0. The summed E-state index contributed by atoms with van der Waals surface area (Å²) in [5.74, 6) is -0.0395. The summed E-state index contributed by atoms with van der Waals surface area (Å²) in [6.07, 6.45) is -4.45. The van der Waals surface area contributed by atoms with Gasteiger partial charge in [0.15, 0.2) is 10.9 Å². The SMILES string of the molecule is COc1c(-c2ccc(C(F)(F)F)cc2)oc2ccc3nc(N)sc3c2c1=O. The molecular weight excluding hydrogens is 381 g/mol. The van der Waals surface area contributed by atoms with E-state index in [0.717, 1.165) is 23.5 Å². The Kier molecular flexibility index (Phi) is 3.84. The lowest BCUT2D eigenvalue weighted by atomic mass is 10.1. The van der Waals surface area contributed by atoms with Crippen molar-refractivity contribution in [1.29, 1.82) is 0 Å². The lowest BCUT2D eigenvalue weighted by Crippen LogP contribution is -2.08. The van der Waals surface area contributed by atoms with E-state index in [-0.39, 0.29) is 22.5 Å².